The van der Waals surface area contributed by atoms with Gasteiger partial charge in [0.25, 0.3) is 0 Å². The van der Waals surface area contributed by atoms with Gasteiger partial charge in [-0.2, -0.15) is 13.2 Å². The molecule has 0 aliphatic carbocycles. The number of hydrogen-bond acceptors (Lipinski definition) is 3. The van der Waals surface area contributed by atoms with Gasteiger partial charge in [0.05, 0.1) is 13.5 Å². The van der Waals surface area contributed by atoms with E-state index in [-0.39, 0.29) is 5.75 Å². The van der Waals surface area contributed by atoms with Crippen molar-refractivity contribution in [2.75, 3.05) is 33.3 Å². The van der Waals surface area contributed by atoms with Crippen LogP contribution in [0, 0.1) is 11.6 Å². The van der Waals surface area contributed by atoms with Crippen LogP contribution in [0.1, 0.15) is 18.0 Å². The van der Waals surface area contributed by atoms with Crippen molar-refractivity contribution in [3.05, 3.63) is 29.3 Å². The lowest BCUT2D eigenvalue weighted by atomic mass is 9.99. The standard InChI is InChI=1S/C14H17F5N2O/c1-22-9-6-10(15)13(11(16)7-9)12(8-14(17,18)19)21-4-2-20-3-5-21/h6-7,12,20H,2-5,8H2,1H3/t12-/m1/s1. The van der Waals surface area contributed by atoms with Crippen LogP contribution in [0.3, 0.4) is 0 Å². The monoisotopic (exact) mass is 324 g/mol. The topological polar surface area (TPSA) is 24.5 Å². The largest absolute Gasteiger partial charge is 0.497 e. The highest BCUT2D eigenvalue weighted by atomic mass is 19.4. The van der Waals surface area contributed by atoms with E-state index in [2.05, 4.69) is 5.32 Å². The number of halogens is 5. The zero-order chi connectivity index (χ0) is 16.3. The Morgan fingerprint density at radius 2 is 1.73 bits per heavy atom. The average molecular weight is 324 g/mol. The van der Waals surface area contributed by atoms with Gasteiger partial charge < -0.3 is 10.1 Å². The van der Waals surface area contributed by atoms with E-state index in [1.807, 2.05) is 0 Å². The quantitative estimate of drug-likeness (QED) is 0.862. The average Bonchev–Trinajstić information content (AvgIpc) is 2.45. The lowest BCUT2D eigenvalue weighted by Gasteiger charge is -2.36. The first-order chi connectivity index (χ1) is 10.3. The van der Waals surface area contributed by atoms with E-state index >= 15 is 0 Å². The van der Waals surface area contributed by atoms with E-state index in [0.717, 1.165) is 12.1 Å². The van der Waals surface area contributed by atoms with Gasteiger partial charge in [-0.25, -0.2) is 8.78 Å². The SMILES string of the molecule is COc1cc(F)c([C@@H](CC(F)(F)F)N2CCNCC2)c(F)c1. The van der Waals surface area contributed by atoms with Crippen LogP contribution < -0.4 is 10.1 Å². The molecule has 1 saturated heterocycles. The molecule has 1 aromatic rings. The number of alkyl halides is 3. The normalized spacial score (nSPS) is 18.3. The van der Waals surface area contributed by atoms with Gasteiger partial charge >= 0.3 is 6.18 Å². The van der Waals surface area contributed by atoms with Gasteiger partial charge in [0.1, 0.15) is 17.4 Å². The summed E-state index contributed by atoms with van der Waals surface area (Å²) in [6, 6.07) is 0.432. The van der Waals surface area contributed by atoms with Crippen LogP contribution >= 0.6 is 0 Å². The molecule has 0 saturated carbocycles. The summed E-state index contributed by atoms with van der Waals surface area (Å²) in [4.78, 5) is 1.46. The zero-order valence-corrected chi connectivity index (χ0v) is 12.0. The Morgan fingerprint density at radius 1 is 1.18 bits per heavy atom. The van der Waals surface area contributed by atoms with Gasteiger partial charge in [-0.15, -0.1) is 0 Å². The molecule has 0 amide bonds. The fraction of sp³-hybridized carbons (Fsp3) is 0.571. The number of nitrogens with zero attached hydrogens (tertiary/aromatic N) is 1. The third-order valence-corrected chi connectivity index (χ3v) is 3.64. The van der Waals surface area contributed by atoms with E-state index in [1.165, 1.54) is 12.0 Å². The number of piperazine rings is 1. The molecule has 1 aliphatic heterocycles. The van der Waals surface area contributed by atoms with Gasteiger partial charge in [-0.05, 0) is 0 Å². The van der Waals surface area contributed by atoms with Crippen molar-refractivity contribution in [3.8, 4) is 5.75 Å². The first-order valence-corrected chi connectivity index (χ1v) is 6.86. The number of nitrogens with one attached hydrogen (secondary N) is 1. The zero-order valence-electron chi connectivity index (χ0n) is 12.0. The number of methoxy groups -OCH3 is 1. The minimum absolute atomic E-state index is 0.0650. The summed E-state index contributed by atoms with van der Waals surface area (Å²) in [6.45, 7) is 1.55. The molecule has 124 valence electrons. The molecule has 1 heterocycles. The van der Waals surface area contributed by atoms with E-state index in [9.17, 15) is 22.0 Å². The molecule has 0 radical (unpaired) electrons. The van der Waals surface area contributed by atoms with Crippen molar-refractivity contribution in [1.82, 2.24) is 10.2 Å². The highest BCUT2D eigenvalue weighted by molar-refractivity contribution is 5.32. The number of benzene rings is 1. The highest BCUT2D eigenvalue weighted by Crippen LogP contribution is 2.37. The lowest BCUT2D eigenvalue weighted by molar-refractivity contribution is -0.149. The maximum absolute atomic E-state index is 14.1. The first-order valence-electron chi connectivity index (χ1n) is 6.86. The molecule has 1 aromatic carbocycles. The summed E-state index contributed by atoms with van der Waals surface area (Å²) >= 11 is 0. The second-order valence-corrected chi connectivity index (χ2v) is 5.13. The lowest BCUT2D eigenvalue weighted by Crippen LogP contribution is -2.46. The maximum atomic E-state index is 14.1. The second kappa shape index (κ2) is 6.78. The molecule has 1 fully saturated rings. The smallest absolute Gasteiger partial charge is 0.390 e. The van der Waals surface area contributed by atoms with Crippen LogP contribution in [0.25, 0.3) is 0 Å². The van der Waals surface area contributed by atoms with Crippen molar-refractivity contribution in [3.63, 3.8) is 0 Å². The predicted octanol–water partition coefficient (Wildman–Crippen LogP) is 2.87. The Hall–Kier alpha value is -1.41. The summed E-state index contributed by atoms with van der Waals surface area (Å²) in [7, 11) is 1.23. The van der Waals surface area contributed by atoms with Crippen LogP contribution in [0.2, 0.25) is 0 Å². The number of hydrogen-bond donors (Lipinski definition) is 1. The van der Waals surface area contributed by atoms with Gasteiger partial charge in [0.2, 0.25) is 0 Å². The molecule has 0 aromatic heterocycles. The molecule has 1 atom stereocenters. The Balaban J connectivity index is 2.39. The Labute approximate surface area is 125 Å². The van der Waals surface area contributed by atoms with Crippen molar-refractivity contribution in [2.24, 2.45) is 0 Å². The first kappa shape index (κ1) is 17.0. The van der Waals surface area contributed by atoms with E-state index in [0.29, 0.717) is 26.2 Å². The van der Waals surface area contributed by atoms with Crippen molar-refractivity contribution in [1.29, 1.82) is 0 Å². The maximum Gasteiger partial charge on any atom is 0.390 e. The van der Waals surface area contributed by atoms with Crippen LogP contribution in [-0.2, 0) is 0 Å². The van der Waals surface area contributed by atoms with Crippen molar-refractivity contribution < 1.29 is 26.7 Å². The van der Waals surface area contributed by atoms with E-state index in [4.69, 9.17) is 4.74 Å². The molecule has 0 spiro atoms. The Kier molecular flexibility index (Phi) is 5.23. The molecular formula is C14H17F5N2O. The van der Waals surface area contributed by atoms with Crippen LogP contribution in [0.4, 0.5) is 22.0 Å². The molecule has 22 heavy (non-hydrogen) atoms. The summed E-state index contributed by atoms with van der Waals surface area (Å²) < 4.78 is 71.6. The van der Waals surface area contributed by atoms with Crippen LogP contribution in [0.5, 0.6) is 5.75 Å². The van der Waals surface area contributed by atoms with Gasteiger partial charge in [-0.1, -0.05) is 0 Å². The molecule has 1 N–H and O–H groups in total. The van der Waals surface area contributed by atoms with Crippen LogP contribution in [0.15, 0.2) is 12.1 Å². The summed E-state index contributed by atoms with van der Waals surface area (Å²) in [5.74, 6) is -2.11. The number of rotatable bonds is 4. The fourth-order valence-electron chi connectivity index (χ4n) is 2.62. The van der Waals surface area contributed by atoms with Crippen LogP contribution in [-0.4, -0.2) is 44.4 Å². The highest BCUT2D eigenvalue weighted by Gasteiger charge is 2.38. The number of ether oxygens (including phenoxy) is 1. The van der Waals surface area contributed by atoms with Crippen molar-refractivity contribution in [2.45, 2.75) is 18.6 Å². The third-order valence-electron chi connectivity index (χ3n) is 3.64. The van der Waals surface area contributed by atoms with Gasteiger partial charge in [0, 0.05) is 49.9 Å². The molecule has 1 aliphatic rings. The third kappa shape index (κ3) is 4.07. The second-order valence-electron chi connectivity index (χ2n) is 5.13. The van der Waals surface area contributed by atoms with E-state index in [1.54, 1.807) is 0 Å². The Morgan fingerprint density at radius 3 is 2.18 bits per heavy atom. The molecule has 3 nitrogen and oxygen atoms in total. The molecular weight excluding hydrogens is 307 g/mol. The minimum atomic E-state index is -4.52. The summed E-state index contributed by atoms with van der Waals surface area (Å²) in [5, 5.41) is 3.00. The molecule has 0 unspecified atom stereocenters. The van der Waals surface area contributed by atoms with Gasteiger partial charge in [0.15, 0.2) is 0 Å². The minimum Gasteiger partial charge on any atom is -0.497 e. The van der Waals surface area contributed by atoms with Crippen molar-refractivity contribution >= 4 is 0 Å². The molecule has 8 heteroatoms. The van der Waals surface area contributed by atoms with Gasteiger partial charge in [-0.3, -0.25) is 4.90 Å². The fourth-order valence-corrected chi connectivity index (χ4v) is 2.62. The molecule has 2 rings (SSSR count). The Bertz CT molecular complexity index is 491. The van der Waals surface area contributed by atoms with E-state index < -0.39 is 35.8 Å². The summed E-state index contributed by atoms with van der Waals surface area (Å²) in [5.41, 5.74) is -0.556. The predicted molar refractivity (Wildman–Crippen MR) is 70.8 cm³/mol. The molecule has 0 bridgehead atoms. The summed E-state index contributed by atoms with van der Waals surface area (Å²) in [6.07, 6.45) is -5.82.